The first-order valence-electron chi connectivity index (χ1n) is 9.67. The predicted molar refractivity (Wildman–Crippen MR) is 118 cm³/mol. The van der Waals surface area contributed by atoms with Crippen LogP contribution in [0.2, 0.25) is 0 Å². The maximum absolute atomic E-state index is 12.9. The van der Waals surface area contributed by atoms with E-state index in [1.54, 1.807) is 80.9 Å². The minimum absolute atomic E-state index is 0.208. The van der Waals surface area contributed by atoms with E-state index in [0.717, 1.165) is 10.9 Å². The molecule has 3 aromatic carbocycles. The number of benzene rings is 3. The lowest BCUT2D eigenvalue weighted by Gasteiger charge is -2.06. The second kappa shape index (κ2) is 8.36. The molecule has 0 atom stereocenters. The number of anilines is 1. The molecule has 1 amide bonds. The number of furan rings is 1. The first-order chi connectivity index (χ1) is 15.0. The van der Waals surface area contributed by atoms with Gasteiger partial charge in [0, 0.05) is 27.8 Å². The molecule has 156 valence electrons. The van der Waals surface area contributed by atoms with Crippen molar-refractivity contribution in [3.8, 4) is 11.5 Å². The molecule has 0 saturated heterocycles. The van der Waals surface area contributed by atoms with Crippen molar-refractivity contribution < 1.29 is 23.5 Å². The van der Waals surface area contributed by atoms with E-state index in [-0.39, 0.29) is 17.5 Å². The molecule has 6 heteroatoms. The van der Waals surface area contributed by atoms with Crippen LogP contribution < -0.4 is 14.8 Å². The quantitative estimate of drug-likeness (QED) is 0.436. The summed E-state index contributed by atoms with van der Waals surface area (Å²) in [6.45, 7) is 1.83. The molecule has 0 unspecified atom stereocenters. The van der Waals surface area contributed by atoms with E-state index in [0.29, 0.717) is 33.9 Å². The molecular formula is C25H21NO5. The molecule has 0 aliphatic heterocycles. The number of carbonyl (C=O) groups is 2. The average Bonchev–Trinajstić information content (AvgIpc) is 3.14. The van der Waals surface area contributed by atoms with Gasteiger partial charge in [0.05, 0.1) is 14.2 Å². The molecule has 6 nitrogen and oxygen atoms in total. The summed E-state index contributed by atoms with van der Waals surface area (Å²) >= 11 is 0. The molecule has 0 spiro atoms. The fraction of sp³-hybridized carbons (Fsp3) is 0.120. The Hall–Kier alpha value is -4.06. The van der Waals surface area contributed by atoms with Gasteiger partial charge in [-0.1, -0.05) is 0 Å². The minimum atomic E-state index is -0.238. The molecule has 1 aromatic heterocycles. The fourth-order valence-electron chi connectivity index (χ4n) is 3.33. The maximum Gasteiger partial charge on any atom is 0.255 e. The van der Waals surface area contributed by atoms with E-state index < -0.39 is 0 Å². The largest absolute Gasteiger partial charge is 0.497 e. The Kier molecular flexibility index (Phi) is 5.45. The zero-order chi connectivity index (χ0) is 22.0. The second-order valence-electron chi connectivity index (χ2n) is 7.01. The highest BCUT2D eigenvalue weighted by molar-refractivity contribution is 6.11. The van der Waals surface area contributed by atoms with E-state index in [9.17, 15) is 9.59 Å². The molecule has 4 aromatic rings. The third kappa shape index (κ3) is 4.00. The van der Waals surface area contributed by atoms with E-state index >= 15 is 0 Å². The predicted octanol–water partition coefficient (Wildman–Crippen LogP) is 5.24. The lowest BCUT2D eigenvalue weighted by atomic mass is 10.0. The van der Waals surface area contributed by atoms with Gasteiger partial charge in [0.2, 0.25) is 5.78 Å². The number of carbonyl (C=O) groups excluding carboxylic acids is 2. The highest BCUT2D eigenvalue weighted by atomic mass is 16.5. The van der Waals surface area contributed by atoms with Crippen LogP contribution in [0.15, 0.2) is 71.1 Å². The Bertz CT molecular complexity index is 1250. The van der Waals surface area contributed by atoms with Gasteiger partial charge in [0.25, 0.3) is 5.91 Å². The number of ketones is 1. The maximum atomic E-state index is 12.9. The van der Waals surface area contributed by atoms with Gasteiger partial charge >= 0.3 is 0 Å². The Balaban J connectivity index is 1.59. The summed E-state index contributed by atoms with van der Waals surface area (Å²) in [5.41, 5.74) is 2.94. The summed E-state index contributed by atoms with van der Waals surface area (Å²) in [7, 11) is 3.15. The molecule has 0 radical (unpaired) electrons. The molecule has 0 fully saturated rings. The lowest BCUT2D eigenvalue weighted by Crippen LogP contribution is -2.11. The molecule has 4 rings (SSSR count). The summed E-state index contributed by atoms with van der Waals surface area (Å²) in [5.74, 6) is 1.19. The highest BCUT2D eigenvalue weighted by Crippen LogP contribution is 2.30. The molecule has 0 aliphatic carbocycles. The van der Waals surface area contributed by atoms with Gasteiger partial charge in [0.1, 0.15) is 17.1 Å². The van der Waals surface area contributed by atoms with Crippen LogP contribution >= 0.6 is 0 Å². The summed E-state index contributed by atoms with van der Waals surface area (Å²) in [6.07, 6.45) is 0. The monoisotopic (exact) mass is 415 g/mol. The Morgan fingerprint density at radius 2 is 1.39 bits per heavy atom. The number of aryl methyl sites for hydroxylation is 1. The first kappa shape index (κ1) is 20.2. The van der Waals surface area contributed by atoms with E-state index in [2.05, 4.69) is 5.32 Å². The fourth-order valence-corrected chi connectivity index (χ4v) is 3.33. The average molecular weight is 415 g/mol. The van der Waals surface area contributed by atoms with Gasteiger partial charge in [-0.25, -0.2) is 0 Å². The van der Waals surface area contributed by atoms with Crippen molar-refractivity contribution in [2.24, 2.45) is 0 Å². The number of rotatable bonds is 6. The number of methoxy groups -OCH3 is 2. The number of nitrogens with one attached hydrogen (secondary N) is 1. The molecule has 0 saturated carbocycles. The van der Waals surface area contributed by atoms with Crippen molar-refractivity contribution in [1.29, 1.82) is 0 Å². The van der Waals surface area contributed by atoms with E-state index in [1.165, 1.54) is 0 Å². The summed E-state index contributed by atoms with van der Waals surface area (Å²) in [5, 5.41) is 3.65. The van der Waals surface area contributed by atoms with Crippen molar-refractivity contribution >= 4 is 28.3 Å². The topological polar surface area (TPSA) is 77.8 Å². The van der Waals surface area contributed by atoms with Crippen LogP contribution in [-0.2, 0) is 0 Å². The van der Waals surface area contributed by atoms with Crippen LogP contribution in [0.1, 0.15) is 32.0 Å². The van der Waals surface area contributed by atoms with E-state index in [4.69, 9.17) is 13.9 Å². The minimum Gasteiger partial charge on any atom is -0.497 e. The van der Waals surface area contributed by atoms with Crippen molar-refractivity contribution in [3.05, 3.63) is 89.2 Å². The number of amides is 1. The van der Waals surface area contributed by atoms with Crippen molar-refractivity contribution in [3.63, 3.8) is 0 Å². The van der Waals surface area contributed by atoms with Crippen molar-refractivity contribution in [2.75, 3.05) is 19.5 Å². The van der Waals surface area contributed by atoms with Gasteiger partial charge in [-0.2, -0.15) is 0 Å². The van der Waals surface area contributed by atoms with E-state index in [1.807, 2.05) is 6.92 Å². The molecule has 31 heavy (non-hydrogen) atoms. The third-order valence-corrected chi connectivity index (χ3v) is 5.10. The number of fused-ring (bicyclic) bond motifs is 1. The Morgan fingerprint density at radius 3 is 1.97 bits per heavy atom. The lowest BCUT2D eigenvalue weighted by molar-refractivity contribution is 0.101. The Labute approximate surface area is 179 Å². The molecule has 1 heterocycles. The molecule has 0 aliphatic rings. The SMILES string of the molecule is COc1ccc(C(=O)Nc2ccc3oc(C(=O)c4ccc(OC)cc4)c(C)c3c2)cc1. The number of ether oxygens (including phenoxy) is 2. The van der Waals surface area contributed by atoms with Gasteiger partial charge < -0.3 is 19.2 Å². The molecular weight excluding hydrogens is 394 g/mol. The number of hydrogen-bond acceptors (Lipinski definition) is 5. The van der Waals surface area contributed by atoms with Gasteiger partial charge in [-0.3, -0.25) is 9.59 Å². The van der Waals surface area contributed by atoms with Crippen LogP contribution in [0.4, 0.5) is 5.69 Å². The zero-order valence-corrected chi connectivity index (χ0v) is 17.4. The number of hydrogen-bond donors (Lipinski definition) is 1. The normalized spacial score (nSPS) is 10.7. The summed E-state index contributed by atoms with van der Waals surface area (Å²) < 4.78 is 16.1. The van der Waals surface area contributed by atoms with Crippen LogP contribution in [0.3, 0.4) is 0 Å². The first-order valence-corrected chi connectivity index (χ1v) is 9.67. The van der Waals surface area contributed by atoms with Crippen LogP contribution in [0.25, 0.3) is 11.0 Å². The molecule has 0 bridgehead atoms. The van der Waals surface area contributed by atoms with Crippen LogP contribution in [-0.4, -0.2) is 25.9 Å². The third-order valence-electron chi connectivity index (χ3n) is 5.10. The van der Waals surface area contributed by atoms with Crippen LogP contribution in [0.5, 0.6) is 11.5 Å². The smallest absolute Gasteiger partial charge is 0.255 e. The standard InChI is InChI=1S/C25H21NO5/c1-15-21-14-18(26-25(28)17-6-11-20(30-3)12-7-17)8-13-22(21)31-24(15)23(27)16-4-9-19(29-2)10-5-16/h4-14H,1-3H3,(H,26,28). The zero-order valence-electron chi connectivity index (χ0n) is 17.4. The van der Waals surface area contributed by atoms with Crippen molar-refractivity contribution in [1.82, 2.24) is 0 Å². The van der Waals surface area contributed by atoms with Gasteiger partial charge in [0.15, 0.2) is 5.76 Å². The second-order valence-corrected chi connectivity index (χ2v) is 7.01. The van der Waals surface area contributed by atoms with Crippen LogP contribution in [0, 0.1) is 6.92 Å². The molecule has 1 N–H and O–H groups in total. The van der Waals surface area contributed by atoms with Gasteiger partial charge in [-0.15, -0.1) is 0 Å². The van der Waals surface area contributed by atoms with Crippen molar-refractivity contribution in [2.45, 2.75) is 6.92 Å². The Morgan fingerprint density at radius 1 is 0.806 bits per heavy atom. The summed E-state index contributed by atoms with van der Waals surface area (Å²) in [4.78, 5) is 25.5. The summed E-state index contributed by atoms with van der Waals surface area (Å²) in [6, 6.07) is 19.0. The highest BCUT2D eigenvalue weighted by Gasteiger charge is 2.20. The van der Waals surface area contributed by atoms with Gasteiger partial charge in [-0.05, 0) is 73.7 Å².